The van der Waals surface area contributed by atoms with Gasteiger partial charge in [0.25, 0.3) is 0 Å². The first-order chi connectivity index (χ1) is 12.0. The number of amides is 2. The van der Waals surface area contributed by atoms with Gasteiger partial charge in [-0.2, -0.15) is 5.10 Å². The average molecular weight is 348 g/mol. The molecule has 25 heavy (non-hydrogen) atoms. The lowest BCUT2D eigenvalue weighted by Crippen LogP contribution is -2.29. The SMILES string of the molecule is C[C@@H]1C[C@H]1C(=O)NCCC(=O)Nc1cc(-c2c(F)cccc2F)[nH]n1. The Bertz CT molecular complexity index is 785. The Hall–Kier alpha value is -2.77. The van der Waals surface area contributed by atoms with Crippen LogP contribution in [0.2, 0.25) is 0 Å². The van der Waals surface area contributed by atoms with E-state index < -0.39 is 11.6 Å². The van der Waals surface area contributed by atoms with Gasteiger partial charge in [-0.3, -0.25) is 14.7 Å². The highest BCUT2D eigenvalue weighted by atomic mass is 19.1. The number of aromatic amines is 1. The molecule has 0 spiro atoms. The molecule has 2 amide bonds. The van der Waals surface area contributed by atoms with E-state index in [0.29, 0.717) is 5.92 Å². The molecule has 3 N–H and O–H groups in total. The summed E-state index contributed by atoms with van der Waals surface area (Å²) in [5.74, 6) is -1.20. The Kier molecular flexibility index (Phi) is 4.78. The maximum atomic E-state index is 13.7. The van der Waals surface area contributed by atoms with Crippen LogP contribution in [0.5, 0.6) is 0 Å². The van der Waals surface area contributed by atoms with Crippen molar-refractivity contribution in [2.45, 2.75) is 19.8 Å². The molecule has 0 aliphatic heterocycles. The fraction of sp³-hybridized carbons (Fsp3) is 0.353. The summed E-state index contributed by atoms with van der Waals surface area (Å²) in [7, 11) is 0. The van der Waals surface area contributed by atoms with Crippen molar-refractivity contribution >= 4 is 17.6 Å². The smallest absolute Gasteiger partial charge is 0.227 e. The third-order valence-electron chi connectivity index (χ3n) is 4.17. The summed E-state index contributed by atoms with van der Waals surface area (Å²) >= 11 is 0. The minimum absolute atomic E-state index is 0.0302. The Balaban J connectivity index is 1.52. The molecular weight excluding hydrogens is 330 g/mol. The van der Waals surface area contributed by atoms with E-state index in [4.69, 9.17) is 0 Å². The first-order valence-electron chi connectivity index (χ1n) is 8.03. The number of halogens is 2. The second kappa shape index (κ2) is 7.00. The molecule has 2 atom stereocenters. The molecule has 1 saturated carbocycles. The zero-order valence-electron chi connectivity index (χ0n) is 13.6. The van der Waals surface area contributed by atoms with E-state index in [0.717, 1.165) is 18.6 Å². The molecule has 1 aromatic carbocycles. The molecule has 132 valence electrons. The first kappa shape index (κ1) is 17.1. The van der Waals surface area contributed by atoms with Gasteiger partial charge in [-0.05, 0) is 24.5 Å². The number of hydrogen-bond acceptors (Lipinski definition) is 3. The lowest BCUT2D eigenvalue weighted by Gasteiger charge is -2.04. The highest BCUT2D eigenvalue weighted by Crippen LogP contribution is 2.37. The van der Waals surface area contributed by atoms with Crippen molar-refractivity contribution in [2.75, 3.05) is 11.9 Å². The van der Waals surface area contributed by atoms with Crippen LogP contribution in [0.1, 0.15) is 19.8 Å². The number of nitrogens with one attached hydrogen (secondary N) is 3. The molecule has 3 rings (SSSR count). The van der Waals surface area contributed by atoms with Crippen molar-refractivity contribution in [3.63, 3.8) is 0 Å². The van der Waals surface area contributed by atoms with Crippen LogP contribution in [-0.4, -0.2) is 28.6 Å². The molecule has 2 aromatic rings. The molecule has 6 nitrogen and oxygen atoms in total. The molecule has 0 bridgehead atoms. The second-order valence-corrected chi connectivity index (χ2v) is 6.17. The van der Waals surface area contributed by atoms with Crippen LogP contribution in [0.25, 0.3) is 11.3 Å². The lowest BCUT2D eigenvalue weighted by atomic mass is 10.1. The number of benzene rings is 1. The van der Waals surface area contributed by atoms with Crippen molar-refractivity contribution in [1.82, 2.24) is 15.5 Å². The van der Waals surface area contributed by atoms with Gasteiger partial charge in [0.05, 0.1) is 11.3 Å². The number of anilines is 1. The molecule has 0 unspecified atom stereocenters. The molecule has 0 saturated heterocycles. The van der Waals surface area contributed by atoms with E-state index in [1.54, 1.807) is 0 Å². The molecule has 1 aliphatic carbocycles. The van der Waals surface area contributed by atoms with E-state index in [2.05, 4.69) is 20.8 Å². The number of H-pyrrole nitrogens is 1. The normalized spacial score (nSPS) is 18.7. The molecule has 0 radical (unpaired) electrons. The van der Waals surface area contributed by atoms with Crippen LogP contribution in [0.3, 0.4) is 0 Å². The first-order valence-corrected chi connectivity index (χ1v) is 8.03. The quantitative estimate of drug-likeness (QED) is 0.749. The molecule has 8 heteroatoms. The average Bonchev–Trinajstić information content (AvgIpc) is 3.11. The largest absolute Gasteiger partial charge is 0.355 e. The topological polar surface area (TPSA) is 86.9 Å². The number of hydrogen-bond donors (Lipinski definition) is 3. The van der Waals surface area contributed by atoms with E-state index in [9.17, 15) is 18.4 Å². The standard InChI is InChI=1S/C17H18F2N4O2/c1-9-7-10(9)17(25)20-6-5-15(24)21-14-8-13(22-23-14)16-11(18)3-2-4-12(16)19/h2-4,8-10H,5-7H2,1H3,(H,20,25)(H2,21,22,23,24)/t9-,10-/m1/s1. The maximum absolute atomic E-state index is 13.7. The highest BCUT2D eigenvalue weighted by Gasteiger charge is 2.38. The molecular formula is C17H18F2N4O2. The van der Waals surface area contributed by atoms with Gasteiger partial charge in [-0.25, -0.2) is 8.78 Å². The number of nitrogens with zero attached hydrogens (tertiary/aromatic N) is 1. The summed E-state index contributed by atoms with van der Waals surface area (Å²) in [5.41, 5.74) is -0.108. The minimum Gasteiger partial charge on any atom is -0.355 e. The molecule has 1 heterocycles. The molecule has 1 fully saturated rings. The summed E-state index contributed by atoms with van der Waals surface area (Å²) in [6.07, 6.45) is 0.976. The third-order valence-corrected chi connectivity index (χ3v) is 4.17. The van der Waals surface area contributed by atoms with E-state index in [1.807, 2.05) is 6.92 Å². The second-order valence-electron chi connectivity index (χ2n) is 6.17. The monoisotopic (exact) mass is 348 g/mol. The van der Waals surface area contributed by atoms with Gasteiger partial charge < -0.3 is 10.6 Å². The highest BCUT2D eigenvalue weighted by molar-refractivity contribution is 5.91. The fourth-order valence-electron chi connectivity index (χ4n) is 2.59. The number of rotatable bonds is 6. The fourth-order valence-corrected chi connectivity index (χ4v) is 2.59. The maximum Gasteiger partial charge on any atom is 0.227 e. The zero-order chi connectivity index (χ0) is 18.0. The van der Waals surface area contributed by atoms with E-state index in [1.165, 1.54) is 12.1 Å². The summed E-state index contributed by atoms with van der Waals surface area (Å²) in [4.78, 5) is 23.5. The third kappa shape index (κ3) is 4.01. The van der Waals surface area contributed by atoms with Crippen LogP contribution in [0.15, 0.2) is 24.3 Å². The van der Waals surface area contributed by atoms with E-state index >= 15 is 0 Å². The summed E-state index contributed by atoms with van der Waals surface area (Å²) in [5, 5.41) is 11.6. The zero-order valence-corrected chi connectivity index (χ0v) is 13.6. The van der Waals surface area contributed by atoms with Crippen molar-refractivity contribution in [3.05, 3.63) is 35.9 Å². The van der Waals surface area contributed by atoms with E-state index in [-0.39, 0.29) is 47.8 Å². The van der Waals surface area contributed by atoms with Gasteiger partial charge in [-0.15, -0.1) is 0 Å². The molecule has 1 aromatic heterocycles. The Labute approximate surface area is 143 Å². The van der Waals surface area contributed by atoms with Crippen LogP contribution < -0.4 is 10.6 Å². The van der Waals surface area contributed by atoms with Gasteiger partial charge in [0, 0.05) is 24.9 Å². The number of carbonyl (C=O) groups excluding carboxylic acids is 2. The van der Waals surface area contributed by atoms with Crippen molar-refractivity contribution < 1.29 is 18.4 Å². The van der Waals surface area contributed by atoms with Crippen LogP contribution in [-0.2, 0) is 9.59 Å². The van der Waals surface area contributed by atoms with Crippen LogP contribution >= 0.6 is 0 Å². The van der Waals surface area contributed by atoms with Gasteiger partial charge in [0.1, 0.15) is 11.6 Å². The number of carbonyl (C=O) groups is 2. The van der Waals surface area contributed by atoms with Gasteiger partial charge >= 0.3 is 0 Å². The number of aromatic nitrogens is 2. The Morgan fingerprint density at radius 1 is 1.32 bits per heavy atom. The summed E-state index contributed by atoms with van der Waals surface area (Å²) in [6.45, 7) is 2.23. The van der Waals surface area contributed by atoms with Gasteiger partial charge in [0.15, 0.2) is 5.82 Å². The molecule has 1 aliphatic rings. The van der Waals surface area contributed by atoms with Crippen molar-refractivity contribution in [1.29, 1.82) is 0 Å². The van der Waals surface area contributed by atoms with Crippen molar-refractivity contribution in [3.8, 4) is 11.3 Å². The predicted molar refractivity (Wildman–Crippen MR) is 87.5 cm³/mol. The van der Waals surface area contributed by atoms with Gasteiger partial charge in [0.2, 0.25) is 11.8 Å². The predicted octanol–water partition coefficient (Wildman–Crippen LogP) is 2.46. The Morgan fingerprint density at radius 2 is 2.00 bits per heavy atom. The van der Waals surface area contributed by atoms with Crippen molar-refractivity contribution in [2.24, 2.45) is 11.8 Å². The minimum atomic E-state index is -0.724. The lowest BCUT2D eigenvalue weighted by molar-refractivity contribution is -0.122. The van der Waals surface area contributed by atoms with Crippen LogP contribution in [0, 0.1) is 23.5 Å². The summed E-state index contributed by atoms with van der Waals surface area (Å²) < 4.78 is 27.5. The van der Waals surface area contributed by atoms with Gasteiger partial charge in [-0.1, -0.05) is 13.0 Å². The summed E-state index contributed by atoms with van der Waals surface area (Å²) in [6, 6.07) is 4.90. The Morgan fingerprint density at radius 3 is 2.64 bits per heavy atom. The van der Waals surface area contributed by atoms with Crippen LogP contribution in [0.4, 0.5) is 14.6 Å².